The Labute approximate surface area is 778 Å². The van der Waals surface area contributed by atoms with Gasteiger partial charge in [0, 0.05) is 44.6 Å². The summed E-state index contributed by atoms with van der Waals surface area (Å²) >= 11 is 0. The Balaban J connectivity index is 0.748. The Bertz CT molecular complexity index is 8190. The molecule has 0 fully saturated rings. The van der Waals surface area contributed by atoms with E-state index in [9.17, 15) is 0 Å². The molecule has 6 aliphatic carbocycles. The maximum absolute atomic E-state index is 2.76. The maximum atomic E-state index is 2.76. The SMILES string of the molecule is c1ccc(C2(c3ccccc3)c3ccccc3-c3cc4c(cc32)N(c2ccccc2-c2ccc3c(c2)-c2ccccc2C32c3ccccc3-c3ccccc32)c2cc(-n3c5ccccc5c5ccccc53)cc3c2B4c2cc4c(cc2N3c2ccccc2-c2ccc3c(c2)-c2ccccc2C32c3ccccc3-c3ccccc32)C(c2ccccc2)(c2ccccc2)c2ccccc2-4)cc1. The molecule has 0 N–H and O–H groups in total. The monoisotopic (exact) mass is 1690 g/mol. The topological polar surface area (TPSA) is 11.4 Å². The molecule has 0 unspecified atom stereocenters. The Morgan fingerprint density at radius 2 is 0.418 bits per heavy atom. The highest BCUT2D eigenvalue weighted by Crippen LogP contribution is 2.68. The first-order valence-electron chi connectivity index (χ1n) is 47.1. The van der Waals surface area contributed by atoms with Gasteiger partial charge in [0.25, 0.3) is 6.71 Å². The smallest absolute Gasteiger partial charge is 0.252 e. The molecule has 30 rings (SSSR count). The first-order valence-corrected chi connectivity index (χ1v) is 47.1. The number of hydrogen-bond acceptors (Lipinski definition) is 2. The summed E-state index contributed by atoms with van der Waals surface area (Å²) in [6.07, 6.45) is 0. The summed E-state index contributed by atoms with van der Waals surface area (Å²) in [5.41, 5.74) is 51.1. The van der Waals surface area contributed by atoms with Crippen LogP contribution in [0.2, 0.25) is 0 Å². The fourth-order valence-corrected chi connectivity index (χ4v) is 27.1. The Kier molecular flexibility index (Phi) is 15.1. The van der Waals surface area contributed by atoms with Crippen molar-refractivity contribution in [3.05, 3.63) is 574 Å². The molecule has 3 heterocycles. The quantitative estimate of drug-likeness (QED) is 0.133. The lowest BCUT2D eigenvalue weighted by molar-refractivity contribution is 0.768. The molecule has 3 nitrogen and oxygen atoms in total. The van der Waals surface area contributed by atoms with Gasteiger partial charge in [0.15, 0.2) is 0 Å². The van der Waals surface area contributed by atoms with E-state index < -0.39 is 21.7 Å². The van der Waals surface area contributed by atoms with E-state index in [1.807, 2.05) is 0 Å². The molecule has 0 saturated carbocycles. The van der Waals surface area contributed by atoms with Crippen LogP contribution >= 0.6 is 0 Å². The molecule has 0 radical (unpaired) electrons. The van der Waals surface area contributed by atoms with Crippen molar-refractivity contribution in [2.45, 2.75) is 21.7 Å². The van der Waals surface area contributed by atoms with Crippen molar-refractivity contribution in [2.75, 3.05) is 9.80 Å². The number of benzene rings is 21. The van der Waals surface area contributed by atoms with Gasteiger partial charge in [0.2, 0.25) is 0 Å². The zero-order valence-electron chi connectivity index (χ0n) is 73.1. The van der Waals surface area contributed by atoms with Crippen LogP contribution in [-0.4, -0.2) is 11.3 Å². The lowest BCUT2D eigenvalue weighted by Crippen LogP contribution is -2.61. The van der Waals surface area contributed by atoms with Crippen LogP contribution in [-0.2, 0) is 21.7 Å². The predicted molar refractivity (Wildman–Crippen MR) is 553 cm³/mol. The van der Waals surface area contributed by atoms with Gasteiger partial charge in [0.05, 0.1) is 49.8 Å². The number of hydrogen-bond donors (Lipinski definition) is 0. The first kappa shape index (κ1) is 73.9. The summed E-state index contributed by atoms with van der Waals surface area (Å²) < 4.78 is 2.58. The van der Waals surface area contributed by atoms with Crippen molar-refractivity contribution >= 4 is 79.0 Å². The Morgan fingerprint density at radius 1 is 0.164 bits per heavy atom. The average molecular weight is 1690 g/mol. The second-order valence-corrected chi connectivity index (χ2v) is 37.7. The number of fused-ring (bicyclic) bond motifs is 33. The summed E-state index contributed by atoms with van der Waals surface area (Å²) in [6.45, 7) is -0.374. The summed E-state index contributed by atoms with van der Waals surface area (Å²) in [5, 5.41) is 2.39. The molecule has 134 heavy (non-hydrogen) atoms. The van der Waals surface area contributed by atoms with Crippen molar-refractivity contribution in [1.29, 1.82) is 0 Å². The van der Waals surface area contributed by atoms with Gasteiger partial charge in [-0.05, 0) is 244 Å². The van der Waals surface area contributed by atoms with Crippen molar-refractivity contribution in [2.24, 2.45) is 0 Å². The molecule has 0 atom stereocenters. The van der Waals surface area contributed by atoms with Crippen LogP contribution in [0, 0.1) is 0 Å². The zero-order chi connectivity index (χ0) is 87.4. The average Bonchev–Trinajstić information content (AvgIpc) is 1.49. The maximum Gasteiger partial charge on any atom is 0.252 e. The third-order valence-electron chi connectivity index (χ3n) is 32.0. The molecule has 0 bridgehead atoms. The number of aromatic nitrogens is 1. The van der Waals surface area contributed by atoms with E-state index in [1.54, 1.807) is 0 Å². The van der Waals surface area contributed by atoms with Gasteiger partial charge in [-0.2, -0.15) is 0 Å². The van der Waals surface area contributed by atoms with Gasteiger partial charge in [-0.1, -0.05) is 425 Å². The molecule has 618 valence electrons. The standard InChI is InChI=1S/C130H80BN3/c1-5-37-83(38-6-1)127(84-39-7-2-8-40-84)104-57-25-17-53-96(104)102-77-116-122(79-114(102)127)133(118-65-33-21-45-88(118)81-69-71-112-100(73-81)94-51-19-31-63-110(94)129(112)106-59-27-13-47-90(106)91-48-14-28-60-107(91)129)124-75-87(132-120-67-35-23-55-98(120)99-56-24-36-68-121(99)132)76-125-126(124)131(116)117-78-103-97-54-18-26-58-105(97)128(85-41-9-3-10-42-85,86-43-11-4-12-44-86)115(103)80-123(117)134(125)119-66-34-22-46-89(119)82-70-72-113-101(74-82)95-52-20-32-64-111(95)130(113)108-61-29-15-49-92(108)93-50-16-30-62-109(93)130/h1-80H. The minimum Gasteiger partial charge on any atom is -0.311 e. The van der Waals surface area contributed by atoms with Gasteiger partial charge >= 0.3 is 0 Å². The molecule has 0 saturated heterocycles. The molecule has 2 spiro atoms. The second-order valence-electron chi connectivity index (χ2n) is 37.7. The zero-order valence-corrected chi connectivity index (χ0v) is 73.1. The summed E-state index contributed by atoms with van der Waals surface area (Å²) in [5.74, 6) is 0. The molecule has 22 aromatic rings. The second kappa shape index (κ2) is 27.4. The minimum absolute atomic E-state index is 0.374. The van der Waals surface area contributed by atoms with E-state index in [4.69, 9.17) is 0 Å². The first-order chi connectivity index (χ1) is 66.5. The normalized spacial score (nSPS) is 14.8. The van der Waals surface area contributed by atoms with Gasteiger partial charge < -0.3 is 14.4 Å². The third kappa shape index (κ3) is 9.31. The van der Waals surface area contributed by atoms with Gasteiger partial charge in [-0.3, -0.25) is 0 Å². The molecule has 21 aromatic carbocycles. The summed E-state index contributed by atoms with van der Waals surface area (Å²) in [7, 11) is 0. The predicted octanol–water partition coefficient (Wildman–Crippen LogP) is 29.6. The number of nitrogens with zero attached hydrogens (tertiary/aromatic N) is 3. The van der Waals surface area contributed by atoms with Crippen LogP contribution in [0.1, 0.15) is 89.0 Å². The van der Waals surface area contributed by atoms with E-state index in [0.717, 1.165) is 73.1 Å². The number of rotatable bonds is 9. The van der Waals surface area contributed by atoms with Crippen LogP contribution in [0.4, 0.5) is 34.1 Å². The van der Waals surface area contributed by atoms with Crippen LogP contribution in [0.25, 0.3) is 117 Å². The van der Waals surface area contributed by atoms with Crippen molar-refractivity contribution in [3.8, 4) is 94.7 Å². The largest absolute Gasteiger partial charge is 0.311 e. The lowest BCUT2D eigenvalue weighted by Gasteiger charge is -2.46. The van der Waals surface area contributed by atoms with Crippen molar-refractivity contribution in [1.82, 2.24) is 4.57 Å². The number of anilines is 6. The van der Waals surface area contributed by atoms with Crippen LogP contribution in [0.3, 0.4) is 0 Å². The molecule has 2 aliphatic heterocycles. The Morgan fingerprint density at radius 3 is 0.746 bits per heavy atom. The van der Waals surface area contributed by atoms with Gasteiger partial charge in [-0.15, -0.1) is 0 Å². The molecule has 4 heteroatoms. The molecular weight excluding hydrogens is 1610 g/mol. The van der Waals surface area contributed by atoms with Crippen LogP contribution < -0.4 is 26.2 Å². The third-order valence-corrected chi connectivity index (χ3v) is 32.0. The van der Waals surface area contributed by atoms with Crippen LogP contribution in [0.15, 0.2) is 485 Å². The lowest BCUT2D eigenvalue weighted by atomic mass is 9.33. The fourth-order valence-electron chi connectivity index (χ4n) is 27.1. The summed E-state index contributed by atoms with van der Waals surface area (Å²) in [4.78, 5) is 5.52. The molecule has 1 aromatic heterocycles. The van der Waals surface area contributed by atoms with Crippen molar-refractivity contribution < 1.29 is 0 Å². The molecule has 8 aliphatic rings. The van der Waals surface area contributed by atoms with E-state index in [1.165, 1.54) is 183 Å². The van der Waals surface area contributed by atoms with Gasteiger partial charge in [0.1, 0.15) is 0 Å². The molecule has 0 amide bonds. The highest BCUT2D eigenvalue weighted by molar-refractivity contribution is 7.00. The Hall–Kier alpha value is -16.9. The van der Waals surface area contributed by atoms with Crippen LogP contribution in [0.5, 0.6) is 0 Å². The van der Waals surface area contributed by atoms with E-state index in [2.05, 4.69) is 500 Å². The summed E-state index contributed by atoms with van der Waals surface area (Å²) in [6, 6.07) is 188. The van der Waals surface area contributed by atoms with Crippen molar-refractivity contribution in [3.63, 3.8) is 0 Å². The van der Waals surface area contributed by atoms with E-state index in [-0.39, 0.29) is 6.71 Å². The van der Waals surface area contributed by atoms with Gasteiger partial charge in [-0.25, -0.2) is 0 Å². The minimum atomic E-state index is -0.758. The molecular formula is C130H80BN3. The highest BCUT2D eigenvalue weighted by atomic mass is 15.2. The number of para-hydroxylation sites is 4. The fraction of sp³-hybridized carbons (Fsp3) is 0.0308. The van der Waals surface area contributed by atoms with E-state index in [0.29, 0.717) is 0 Å². The van der Waals surface area contributed by atoms with E-state index >= 15 is 0 Å². The highest BCUT2D eigenvalue weighted by Gasteiger charge is 2.57.